The molecule has 1 aliphatic heterocycles. The number of hydrogen-bond donors (Lipinski definition) is 0. The lowest BCUT2D eigenvalue weighted by atomic mass is 10.1. The molecular weight excluding hydrogens is 357 g/mol. The smallest absolute Gasteiger partial charge is 0.422 e. The van der Waals surface area contributed by atoms with E-state index in [1.807, 2.05) is 0 Å². The van der Waals surface area contributed by atoms with E-state index >= 15 is 0 Å². The van der Waals surface area contributed by atoms with Crippen molar-refractivity contribution in [2.45, 2.75) is 6.18 Å². The third-order valence-corrected chi connectivity index (χ3v) is 3.29. The van der Waals surface area contributed by atoms with Crippen LogP contribution in [0.2, 0.25) is 0 Å². The van der Waals surface area contributed by atoms with E-state index in [0.29, 0.717) is 5.06 Å². The minimum atomic E-state index is -4.57. The molecule has 26 heavy (non-hydrogen) atoms. The second-order valence-electron chi connectivity index (χ2n) is 5.12. The molecule has 1 aromatic heterocycles. The summed E-state index contributed by atoms with van der Waals surface area (Å²) in [6.45, 7) is -1.59. The number of pyridine rings is 1. The number of halogens is 3. The molecule has 0 radical (unpaired) electrons. The molecule has 134 valence electrons. The molecule has 2 amide bonds. The quantitative estimate of drug-likeness (QED) is 0.773. The molecule has 0 N–H and O–H groups in total. The van der Waals surface area contributed by atoms with Crippen LogP contribution in [-0.2, 0) is 4.84 Å². The Morgan fingerprint density at radius 3 is 2.27 bits per heavy atom. The van der Waals surface area contributed by atoms with Crippen LogP contribution >= 0.6 is 0 Å². The highest BCUT2D eigenvalue weighted by Crippen LogP contribution is 2.24. The largest absolute Gasteiger partial charge is 0.468 e. The lowest BCUT2D eigenvalue weighted by Crippen LogP contribution is -2.32. The lowest BCUT2D eigenvalue weighted by Gasteiger charge is -2.13. The maximum Gasteiger partial charge on any atom is 0.422 e. The molecule has 0 spiro atoms. The fourth-order valence-corrected chi connectivity index (χ4v) is 2.16. The molecule has 1 aromatic carbocycles. The van der Waals surface area contributed by atoms with Gasteiger partial charge in [-0.15, -0.1) is 0 Å². The van der Waals surface area contributed by atoms with Crippen molar-refractivity contribution in [2.75, 3.05) is 6.61 Å². The number of ether oxygens (including phenoxy) is 1. The van der Waals surface area contributed by atoms with E-state index in [1.54, 1.807) is 12.1 Å². The number of aromatic nitrogens is 1. The number of fused-ring (bicyclic) bond motifs is 1. The summed E-state index contributed by atoms with van der Waals surface area (Å²) in [5, 5.41) is 0.295. The predicted molar refractivity (Wildman–Crippen MR) is 78.1 cm³/mol. The molecule has 0 bridgehead atoms. The topological polar surface area (TPSA) is 85.8 Å². The first kappa shape index (κ1) is 17.4. The number of rotatable bonds is 4. The molecule has 0 saturated heterocycles. The van der Waals surface area contributed by atoms with Gasteiger partial charge in [-0.2, -0.15) is 13.2 Å². The maximum absolute atomic E-state index is 12.2. The summed E-state index contributed by atoms with van der Waals surface area (Å²) in [5.41, 5.74) is -0.0859. The van der Waals surface area contributed by atoms with Gasteiger partial charge in [0.15, 0.2) is 6.61 Å². The number of hydroxylamine groups is 2. The number of hydrogen-bond acceptors (Lipinski definition) is 6. The summed E-state index contributed by atoms with van der Waals surface area (Å²) < 4.78 is 40.9. The van der Waals surface area contributed by atoms with Crippen molar-refractivity contribution < 1.29 is 37.1 Å². The molecule has 7 nitrogen and oxygen atoms in total. The summed E-state index contributed by atoms with van der Waals surface area (Å²) in [6, 6.07) is 7.94. The van der Waals surface area contributed by atoms with E-state index in [1.165, 1.54) is 12.1 Å². The van der Waals surface area contributed by atoms with Crippen LogP contribution in [0.5, 0.6) is 5.88 Å². The number of carbonyl (C=O) groups is 3. The number of benzene rings is 1. The van der Waals surface area contributed by atoms with Gasteiger partial charge in [0.1, 0.15) is 0 Å². The Morgan fingerprint density at radius 2 is 1.69 bits per heavy atom. The van der Waals surface area contributed by atoms with Gasteiger partial charge in [0.25, 0.3) is 11.8 Å². The first-order valence-electron chi connectivity index (χ1n) is 7.12. The zero-order chi connectivity index (χ0) is 18.9. The molecule has 2 aromatic rings. The van der Waals surface area contributed by atoms with Crippen molar-refractivity contribution >= 4 is 17.8 Å². The second-order valence-corrected chi connectivity index (χ2v) is 5.12. The zero-order valence-corrected chi connectivity index (χ0v) is 12.8. The molecule has 0 fully saturated rings. The van der Waals surface area contributed by atoms with Crippen LogP contribution in [-0.4, -0.2) is 40.6 Å². The van der Waals surface area contributed by atoms with E-state index in [4.69, 9.17) is 4.84 Å². The van der Waals surface area contributed by atoms with E-state index < -0.39 is 36.4 Å². The predicted octanol–water partition coefficient (Wildman–Crippen LogP) is 2.39. The van der Waals surface area contributed by atoms with E-state index in [-0.39, 0.29) is 16.7 Å². The van der Waals surface area contributed by atoms with Gasteiger partial charge in [-0.3, -0.25) is 9.59 Å². The zero-order valence-electron chi connectivity index (χ0n) is 12.8. The summed E-state index contributed by atoms with van der Waals surface area (Å²) in [6.07, 6.45) is -3.54. The highest BCUT2D eigenvalue weighted by molar-refractivity contribution is 6.21. The van der Waals surface area contributed by atoms with Gasteiger partial charge in [0.05, 0.1) is 16.7 Å². The Labute approximate surface area is 143 Å². The van der Waals surface area contributed by atoms with Crippen LogP contribution in [0.25, 0.3) is 0 Å². The molecule has 3 rings (SSSR count). The lowest BCUT2D eigenvalue weighted by molar-refractivity contribution is -0.154. The van der Waals surface area contributed by atoms with Crippen LogP contribution in [0.15, 0.2) is 42.6 Å². The van der Waals surface area contributed by atoms with Crippen LogP contribution in [0.1, 0.15) is 31.1 Å². The van der Waals surface area contributed by atoms with Crippen molar-refractivity contribution in [1.29, 1.82) is 0 Å². The summed E-state index contributed by atoms with van der Waals surface area (Å²) in [5.74, 6) is -3.22. The fraction of sp³-hybridized carbons (Fsp3) is 0.125. The normalized spacial score (nSPS) is 13.6. The Bertz CT molecular complexity index is 862. The molecule has 0 aliphatic carbocycles. The number of nitrogens with zero attached hydrogens (tertiary/aromatic N) is 2. The van der Waals surface area contributed by atoms with Gasteiger partial charge in [0, 0.05) is 12.3 Å². The second kappa shape index (κ2) is 6.47. The van der Waals surface area contributed by atoms with E-state index in [2.05, 4.69) is 9.72 Å². The number of alkyl halides is 3. The molecule has 10 heteroatoms. The van der Waals surface area contributed by atoms with Gasteiger partial charge in [0.2, 0.25) is 5.88 Å². The number of amides is 2. The van der Waals surface area contributed by atoms with Crippen molar-refractivity contribution in [3.8, 4) is 5.88 Å². The van der Waals surface area contributed by atoms with Crippen LogP contribution in [0.4, 0.5) is 13.2 Å². The Morgan fingerprint density at radius 1 is 1.08 bits per heavy atom. The van der Waals surface area contributed by atoms with Crippen molar-refractivity contribution in [3.63, 3.8) is 0 Å². The molecular formula is C16H9F3N2O5. The molecule has 0 saturated carbocycles. The Kier molecular flexibility index (Phi) is 4.33. The van der Waals surface area contributed by atoms with Gasteiger partial charge in [-0.1, -0.05) is 17.2 Å². The summed E-state index contributed by atoms with van der Waals surface area (Å²) in [7, 11) is 0. The highest BCUT2D eigenvalue weighted by Gasteiger charge is 2.38. The minimum Gasteiger partial charge on any atom is -0.468 e. The van der Waals surface area contributed by atoms with Gasteiger partial charge >= 0.3 is 12.1 Å². The standard InChI is InChI=1S/C16H9F3N2O5/c17-16(18,19)8-25-12-7-9(5-6-20-12)15(24)26-21-13(22)10-3-1-2-4-11(10)14(21)23/h1-7H,8H2. The van der Waals surface area contributed by atoms with Crippen molar-refractivity contribution in [1.82, 2.24) is 10.0 Å². The first-order valence-corrected chi connectivity index (χ1v) is 7.12. The molecule has 0 unspecified atom stereocenters. The Balaban J connectivity index is 1.73. The van der Waals surface area contributed by atoms with Gasteiger partial charge < -0.3 is 9.57 Å². The van der Waals surface area contributed by atoms with Crippen molar-refractivity contribution in [2.24, 2.45) is 0 Å². The van der Waals surface area contributed by atoms with Gasteiger partial charge in [-0.05, 0) is 18.2 Å². The average molecular weight is 366 g/mol. The fourth-order valence-electron chi connectivity index (χ4n) is 2.16. The van der Waals surface area contributed by atoms with Crippen LogP contribution in [0.3, 0.4) is 0 Å². The maximum atomic E-state index is 12.2. The summed E-state index contributed by atoms with van der Waals surface area (Å²) >= 11 is 0. The van der Waals surface area contributed by atoms with E-state index in [9.17, 15) is 27.6 Å². The molecule has 2 heterocycles. The van der Waals surface area contributed by atoms with Crippen LogP contribution < -0.4 is 4.74 Å². The SMILES string of the molecule is O=C(ON1C(=O)c2ccccc2C1=O)c1ccnc(OCC(F)(F)F)c1. The summed E-state index contributed by atoms with van der Waals surface area (Å²) in [4.78, 5) is 44.7. The van der Waals surface area contributed by atoms with Crippen molar-refractivity contribution in [3.05, 3.63) is 59.3 Å². The monoisotopic (exact) mass is 366 g/mol. The Hall–Kier alpha value is -3.43. The highest BCUT2D eigenvalue weighted by atomic mass is 19.4. The van der Waals surface area contributed by atoms with Crippen LogP contribution in [0, 0.1) is 0 Å². The molecule has 1 aliphatic rings. The third-order valence-electron chi connectivity index (χ3n) is 3.29. The number of carbonyl (C=O) groups excluding carboxylic acids is 3. The number of imide groups is 1. The van der Waals surface area contributed by atoms with Gasteiger partial charge in [-0.25, -0.2) is 9.78 Å². The third kappa shape index (κ3) is 3.48. The average Bonchev–Trinajstić information content (AvgIpc) is 2.85. The van der Waals surface area contributed by atoms with E-state index in [0.717, 1.165) is 18.3 Å². The minimum absolute atomic E-state index is 0.0780. The first-order chi connectivity index (χ1) is 12.3. The molecule has 0 atom stereocenters.